The Kier molecular flexibility index (Phi) is 4.19. The zero-order valence-electron chi connectivity index (χ0n) is 14.2. The standard InChI is InChI=1S/C19H22FN4O/c1-14-18(24-9-3-2-4-17(24)21-14)19(25)23-12-10-22(11-13-23)16-7-5-15(20)6-8-16/h5-8H,1-4,9-13H2. The lowest BCUT2D eigenvalue weighted by molar-refractivity contribution is 0.0734. The van der Waals surface area contributed by atoms with Gasteiger partial charge in [0, 0.05) is 44.8 Å². The number of amides is 1. The Hall–Kier alpha value is -2.37. The maximum atomic E-state index is 13.1. The van der Waals surface area contributed by atoms with Gasteiger partial charge in [-0.25, -0.2) is 9.37 Å². The van der Waals surface area contributed by atoms with Gasteiger partial charge in [-0.1, -0.05) is 0 Å². The van der Waals surface area contributed by atoms with Gasteiger partial charge in [-0.3, -0.25) is 4.79 Å². The smallest absolute Gasteiger partial charge is 0.272 e. The van der Waals surface area contributed by atoms with Gasteiger partial charge in [-0.2, -0.15) is 0 Å². The first-order valence-corrected chi connectivity index (χ1v) is 8.84. The van der Waals surface area contributed by atoms with Gasteiger partial charge in [0.2, 0.25) is 0 Å². The number of fused-ring (bicyclic) bond motifs is 1. The zero-order valence-corrected chi connectivity index (χ0v) is 14.2. The van der Waals surface area contributed by atoms with E-state index in [0.717, 1.165) is 50.4 Å². The van der Waals surface area contributed by atoms with Crippen LogP contribution in [-0.2, 0) is 13.0 Å². The summed E-state index contributed by atoms with van der Waals surface area (Å²) in [7, 11) is 0. The number of halogens is 1. The second kappa shape index (κ2) is 6.50. The molecule has 6 heteroatoms. The Morgan fingerprint density at radius 1 is 1.04 bits per heavy atom. The van der Waals surface area contributed by atoms with E-state index in [2.05, 4.69) is 21.4 Å². The Labute approximate surface area is 147 Å². The fraction of sp³-hybridized carbons (Fsp3) is 0.421. The highest BCUT2D eigenvalue weighted by molar-refractivity contribution is 5.94. The molecule has 0 N–H and O–H groups in total. The van der Waals surface area contributed by atoms with Gasteiger partial charge < -0.3 is 14.4 Å². The minimum Gasteiger partial charge on any atom is -0.368 e. The molecule has 1 radical (unpaired) electrons. The molecule has 1 saturated heterocycles. The van der Waals surface area contributed by atoms with Gasteiger partial charge in [-0.05, 0) is 44.0 Å². The molecule has 0 aliphatic carbocycles. The Bertz CT molecular complexity index is 775. The van der Waals surface area contributed by atoms with Crippen molar-refractivity contribution in [1.82, 2.24) is 14.5 Å². The van der Waals surface area contributed by atoms with E-state index in [1.165, 1.54) is 12.1 Å². The fourth-order valence-electron chi connectivity index (χ4n) is 3.75. The van der Waals surface area contributed by atoms with E-state index in [1.807, 2.05) is 4.90 Å². The molecule has 1 aromatic carbocycles. The molecule has 25 heavy (non-hydrogen) atoms. The predicted molar refractivity (Wildman–Crippen MR) is 94.1 cm³/mol. The molecule has 5 nitrogen and oxygen atoms in total. The normalized spacial score (nSPS) is 17.5. The third kappa shape index (κ3) is 3.01. The van der Waals surface area contributed by atoms with Crippen molar-refractivity contribution in [2.75, 3.05) is 31.1 Å². The van der Waals surface area contributed by atoms with Crippen molar-refractivity contribution in [2.45, 2.75) is 25.8 Å². The lowest BCUT2D eigenvalue weighted by Gasteiger charge is -2.36. The average molecular weight is 341 g/mol. The van der Waals surface area contributed by atoms with Crippen LogP contribution in [0, 0.1) is 12.7 Å². The minimum absolute atomic E-state index is 0.0319. The first-order chi connectivity index (χ1) is 12.1. The van der Waals surface area contributed by atoms with Gasteiger partial charge in [0.05, 0.1) is 5.69 Å². The van der Waals surface area contributed by atoms with Crippen LogP contribution < -0.4 is 4.90 Å². The number of imidazole rings is 1. The van der Waals surface area contributed by atoms with Crippen molar-refractivity contribution in [3.63, 3.8) is 0 Å². The fourth-order valence-corrected chi connectivity index (χ4v) is 3.75. The van der Waals surface area contributed by atoms with Crippen molar-refractivity contribution >= 4 is 11.6 Å². The molecule has 1 aromatic heterocycles. The lowest BCUT2D eigenvalue weighted by Crippen LogP contribution is -2.49. The summed E-state index contributed by atoms with van der Waals surface area (Å²) in [5.74, 6) is 0.792. The number of hydrogen-bond acceptors (Lipinski definition) is 3. The van der Waals surface area contributed by atoms with Gasteiger partial charge >= 0.3 is 0 Å². The Balaban J connectivity index is 1.47. The number of anilines is 1. The topological polar surface area (TPSA) is 41.4 Å². The Morgan fingerprint density at radius 2 is 1.76 bits per heavy atom. The molecule has 4 rings (SSSR count). The largest absolute Gasteiger partial charge is 0.368 e. The molecule has 0 bridgehead atoms. The minimum atomic E-state index is -0.231. The summed E-state index contributed by atoms with van der Waals surface area (Å²) >= 11 is 0. The quantitative estimate of drug-likeness (QED) is 0.843. The number of carbonyl (C=O) groups excluding carboxylic acids is 1. The van der Waals surface area contributed by atoms with Gasteiger partial charge in [-0.15, -0.1) is 0 Å². The van der Waals surface area contributed by atoms with Crippen molar-refractivity contribution < 1.29 is 9.18 Å². The number of benzene rings is 1. The van der Waals surface area contributed by atoms with Crippen LogP contribution in [0.4, 0.5) is 10.1 Å². The average Bonchev–Trinajstić information content (AvgIpc) is 2.97. The van der Waals surface area contributed by atoms with E-state index in [0.29, 0.717) is 24.5 Å². The molecule has 2 aliphatic rings. The van der Waals surface area contributed by atoms with Crippen LogP contribution in [0.1, 0.15) is 34.8 Å². The zero-order chi connectivity index (χ0) is 17.4. The third-order valence-electron chi connectivity index (χ3n) is 5.11. The number of nitrogens with zero attached hydrogens (tertiary/aromatic N) is 4. The molecule has 0 atom stereocenters. The van der Waals surface area contributed by atoms with E-state index in [1.54, 1.807) is 12.1 Å². The van der Waals surface area contributed by atoms with Crippen molar-refractivity contribution in [1.29, 1.82) is 0 Å². The number of carbonyl (C=O) groups is 1. The number of piperazine rings is 1. The molecule has 2 aromatic rings. The van der Waals surface area contributed by atoms with Crippen LogP contribution in [0.25, 0.3) is 0 Å². The summed E-state index contributed by atoms with van der Waals surface area (Å²) in [5, 5.41) is 0. The van der Waals surface area contributed by atoms with Crippen LogP contribution in [-0.4, -0.2) is 46.5 Å². The van der Waals surface area contributed by atoms with E-state index in [9.17, 15) is 9.18 Å². The predicted octanol–water partition coefficient (Wildman–Crippen LogP) is 2.50. The summed E-state index contributed by atoms with van der Waals surface area (Å²) < 4.78 is 15.1. The molecular formula is C19H22FN4O. The van der Waals surface area contributed by atoms with Crippen LogP contribution in [0.3, 0.4) is 0 Å². The van der Waals surface area contributed by atoms with E-state index < -0.39 is 0 Å². The Morgan fingerprint density at radius 3 is 2.48 bits per heavy atom. The van der Waals surface area contributed by atoms with Crippen LogP contribution in [0.15, 0.2) is 24.3 Å². The van der Waals surface area contributed by atoms with Gasteiger partial charge in [0.15, 0.2) is 0 Å². The number of hydrogen-bond donors (Lipinski definition) is 0. The third-order valence-corrected chi connectivity index (χ3v) is 5.11. The molecule has 1 fully saturated rings. The first kappa shape index (κ1) is 16.1. The summed E-state index contributed by atoms with van der Waals surface area (Å²) in [6, 6.07) is 6.52. The van der Waals surface area contributed by atoms with Crippen molar-refractivity contribution in [3.05, 3.63) is 54.2 Å². The first-order valence-electron chi connectivity index (χ1n) is 8.84. The SMILES string of the molecule is [CH2]c1nc2n(c1C(=O)N1CCN(c3ccc(F)cc3)CC1)CCCC2. The maximum absolute atomic E-state index is 13.1. The monoisotopic (exact) mass is 341 g/mol. The summed E-state index contributed by atoms with van der Waals surface area (Å²) in [5.41, 5.74) is 2.25. The maximum Gasteiger partial charge on any atom is 0.272 e. The molecule has 0 spiro atoms. The van der Waals surface area contributed by atoms with Gasteiger partial charge in [0.25, 0.3) is 5.91 Å². The molecule has 1 amide bonds. The molecule has 3 heterocycles. The van der Waals surface area contributed by atoms with Crippen molar-refractivity contribution in [3.8, 4) is 0 Å². The van der Waals surface area contributed by atoms with Crippen LogP contribution in [0.2, 0.25) is 0 Å². The number of rotatable bonds is 2. The second-order valence-electron chi connectivity index (χ2n) is 6.69. The number of aromatic nitrogens is 2. The molecular weight excluding hydrogens is 319 g/mol. The van der Waals surface area contributed by atoms with E-state index in [-0.39, 0.29) is 11.7 Å². The molecule has 2 aliphatic heterocycles. The highest BCUT2D eigenvalue weighted by Crippen LogP contribution is 2.22. The lowest BCUT2D eigenvalue weighted by atomic mass is 10.1. The number of aryl methyl sites for hydroxylation is 1. The van der Waals surface area contributed by atoms with Gasteiger partial charge in [0.1, 0.15) is 17.3 Å². The van der Waals surface area contributed by atoms with Crippen LogP contribution in [0.5, 0.6) is 0 Å². The van der Waals surface area contributed by atoms with E-state index in [4.69, 9.17) is 0 Å². The summed E-state index contributed by atoms with van der Waals surface area (Å²) in [6.07, 6.45) is 3.13. The molecule has 131 valence electrons. The highest BCUT2D eigenvalue weighted by Gasteiger charge is 2.28. The summed E-state index contributed by atoms with van der Waals surface area (Å²) in [4.78, 5) is 21.6. The van der Waals surface area contributed by atoms with E-state index >= 15 is 0 Å². The molecule has 0 unspecified atom stereocenters. The van der Waals surface area contributed by atoms with Crippen LogP contribution >= 0.6 is 0 Å². The molecule has 0 saturated carbocycles. The van der Waals surface area contributed by atoms with Crippen molar-refractivity contribution in [2.24, 2.45) is 0 Å². The summed E-state index contributed by atoms with van der Waals surface area (Å²) in [6.45, 7) is 7.62. The highest BCUT2D eigenvalue weighted by atomic mass is 19.1. The second-order valence-corrected chi connectivity index (χ2v) is 6.69.